The monoisotopic (exact) mass is 2040 g/mol. The highest BCUT2D eigenvalue weighted by atomic mass is 16.6. The zero-order valence-corrected chi connectivity index (χ0v) is 87.5. The van der Waals surface area contributed by atoms with Gasteiger partial charge in [0, 0.05) is 258 Å². The van der Waals surface area contributed by atoms with Crippen LogP contribution in [0.25, 0.3) is 0 Å². The lowest BCUT2D eigenvalue weighted by Crippen LogP contribution is -2.17. The molecule has 0 amide bonds. The van der Waals surface area contributed by atoms with E-state index in [0.29, 0.717) is 482 Å². The molecule has 0 aromatic rings. The van der Waals surface area contributed by atoms with Gasteiger partial charge in [0.2, 0.25) is 0 Å². The van der Waals surface area contributed by atoms with Gasteiger partial charge in [-0.15, -0.1) is 0 Å². The molecule has 1 atom stereocenters. The third-order valence-electron chi connectivity index (χ3n) is 18.9. The predicted octanol–water partition coefficient (Wildman–Crippen LogP) is 8.45. The molecule has 40 heteroatoms. The van der Waals surface area contributed by atoms with Crippen LogP contribution in [-0.2, 0) is 185 Å². The van der Waals surface area contributed by atoms with E-state index in [1.807, 2.05) is 6.92 Å². The first-order valence-electron chi connectivity index (χ1n) is 52.9. The summed E-state index contributed by atoms with van der Waals surface area (Å²) in [5.74, 6) is 0. The summed E-state index contributed by atoms with van der Waals surface area (Å²) in [4.78, 5) is 0. The number of methoxy groups -OCH3 is 1. The molecule has 40 nitrogen and oxygen atoms in total. The zero-order chi connectivity index (χ0) is 99.7. The Morgan fingerprint density at radius 1 is 0.107 bits per heavy atom. The Balaban J connectivity index is 3.11. The molecule has 1 N–H and O–H groups in total. The average molecular weight is 2040 g/mol. The molecule has 140 heavy (non-hydrogen) atoms. The first kappa shape index (κ1) is 138. The maximum atomic E-state index is 9.42. The van der Waals surface area contributed by atoms with Gasteiger partial charge in [-0.2, -0.15) is 0 Å². The van der Waals surface area contributed by atoms with Crippen molar-refractivity contribution in [2.24, 2.45) is 0 Å². The van der Waals surface area contributed by atoms with Crippen LogP contribution in [-0.4, -0.2) is 527 Å². The van der Waals surface area contributed by atoms with E-state index in [2.05, 4.69) is 0 Å². The lowest BCUT2D eigenvalue weighted by molar-refractivity contribution is -0.0319. The molecule has 1 unspecified atom stereocenters. The Kier molecular flexibility index (Phi) is 134. The second-order valence-corrected chi connectivity index (χ2v) is 31.5. The number of ether oxygens (including phenoxy) is 39. The summed E-state index contributed by atoms with van der Waals surface area (Å²) < 4.78 is 218. The van der Waals surface area contributed by atoms with E-state index in [0.717, 1.165) is 155 Å². The second-order valence-electron chi connectivity index (χ2n) is 31.5. The summed E-state index contributed by atoms with van der Waals surface area (Å²) in [5.41, 5.74) is 0. The Labute approximate surface area is 843 Å². The van der Waals surface area contributed by atoms with Crippen molar-refractivity contribution in [2.45, 2.75) is 141 Å². The van der Waals surface area contributed by atoms with Crippen LogP contribution in [0.2, 0.25) is 0 Å². The third kappa shape index (κ3) is 134. The molecule has 0 aromatic carbocycles. The predicted molar refractivity (Wildman–Crippen MR) is 527 cm³/mol. The van der Waals surface area contributed by atoms with Gasteiger partial charge in [0.1, 0.15) is 0 Å². The fourth-order valence-electron chi connectivity index (χ4n) is 11.4. The maximum absolute atomic E-state index is 9.42. The highest BCUT2D eigenvalue weighted by Crippen LogP contribution is 2.03. The van der Waals surface area contributed by atoms with Crippen LogP contribution in [0.15, 0.2) is 0 Å². The van der Waals surface area contributed by atoms with E-state index in [-0.39, 0.29) is 0 Å². The molecule has 0 heterocycles. The van der Waals surface area contributed by atoms with Crippen LogP contribution in [0.4, 0.5) is 0 Å². The molecule has 0 radical (unpaired) electrons. The minimum absolute atomic E-state index is 0.336. The van der Waals surface area contributed by atoms with Crippen LogP contribution < -0.4 is 0 Å². The summed E-state index contributed by atoms with van der Waals surface area (Å²) in [6, 6.07) is 0. The van der Waals surface area contributed by atoms with Gasteiger partial charge in [0.05, 0.1) is 264 Å². The number of aliphatic hydroxyl groups excluding tert-OH is 1. The van der Waals surface area contributed by atoms with Crippen molar-refractivity contribution in [3.63, 3.8) is 0 Å². The van der Waals surface area contributed by atoms with Crippen molar-refractivity contribution < 1.29 is 190 Å². The minimum atomic E-state index is -0.415. The van der Waals surface area contributed by atoms with Crippen LogP contribution in [0.1, 0.15) is 135 Å². The van der Waals surface area contributed by atoms with Crippen LogP contribution >= 0.6 is 0 Å². The molecule has 0 aromatic heterocycles. The second kappa shape index (κ2) is 135. The topological polar surface area (TPSA) is 380 Å². The SMILES string of the molecule is CCC(O)COCCOCCOCCOCCOCCOCCOCCOCCOCCOCCOCCOCCOCCOCCOCCOCCOCCOCCOCCOCCCOCCCOCCCOCCCOCCCOCCCOCCCOCCCOCCCOCCCOCCCOCCCOCCCOCCCOCCCOCCCOCCCOCCCOCCCOC. The molecular weight excluding hydrogens is 1840 g/mol. The molecule has 0 fully saturated rings. The lowest BCUT2D eigenvalue weighted by Gasteiger charge is -2.09. The largest absolute Gasteiger partial charge is 0.391 e. The number of aliphatic hydroxyl groups is 1. The van der Waals surface area contributed by atoms with E-state index >= 15 is 0 Å². The third-order valence-corrected chi connectivity index (χ3v) is 18.9. The molecule has 0 spiro atoms. The minimum Gasteiger partial charge on any atom is -0.391 e. The molecule has 0 saturated heterocycles. The highest BCUT2D eigenvalue weighted by Gasteiger charge is 2.08. The van der Waals surface area contributed by atoms with Crippen LogP contribution in [0.3, 0.4) is 0 Å². The summed E-state index contributed by atoms with van der Waals surface area (Å²) in [5, 5.41) is 9.42. The van der Waals surface area contributed by atoms with E-state index in [1.165, 1.54) is 0 Å². The van der Waals surface area contributed by atoms with Crippen molar-refractivity contribution in [2.75, 3.05) is 516 Å². The van der Waals surface area contributed by atoms with Crippen molar-refractivity contribution in [1.82, 2.24) is 0 Å². The van der Waals surface area contributed by atoms with Crippen LogP contribution in [0.5, 0.6) is 0 Å². The van der Waals surface area contributed by atoms with Gasteiger partial charge in [0.15, 0.2) is 0 Å². The molecule has 0 rings (SSSR count). The molecule has 0 aliphatic carbocycles. The maximum Gasteiger partial charge on any atom is 0.0771 e. The van der Waals surface area contributed by atoms with Crippen LogP contribution in [0, 0.1) is 0 Å². The standard InChI is InChI=1S/C100H202O40/c1-3-100(101)99-140-98-97-139-96-95-138-94-93-137-92-91-136-90-89-135-88-87-134-86-85-133-84-83-132-82-81-131-80-79-130-78-77-129-76-75-128-74-73-127-72-71-126-70-69-125-68-67-124-66-65-123-64-63-122-62-61-121-60-22-59-120-58-21-57-119-56-20-55-118-54-19-53-117-52-18-51-116-50-17-49-115-48-16-47-114-46-15-45-113-44-14-43-112-42-13-41-111-40-12-39-110-38-11-37-109-36-10-35-108-34-9-33-107-32-8-31-106-30-7-29-105-28-6-27-104-26-5-25-103-24-4-23-102-2/h100-101H,3-99H2,1-2H3. The average Bonchev–Trinajstić information content (AvgIpc) is 1.07. The van der Waals surface area contributed by atoms with E-state index in [9.17, 15) is 5.11 Å². The summed E-state index contributed by atoms with van der Waals surface area (Å²) in [6.07, 6.45) is 17.0. The fourth-order valence-corrected chi connectivity index (χ4v) is 11.4. The number of rotatable bonds is 136. The summed E-state index contributed by atoms with van der Waals surface area (Å²) >= 11 is 0. The quantitative estimate of drug-likeness (QED) is 0.0558. The van der Waals surface area contributed by atoms with Crippen molar-refractivity contribution in [3.8, 4) is 0 Å². The van der Waals surface area contributed by atoms with E-state index in [4.69, 9.17) is 185 Å². The zero-order valence-electron chi connectivity index (χ0n) is 87.5. The normalized spacial score (nSPS) is 12.1. The van der Waals surface area contributed by atoms with Crippen molar-refractivity contribution in [3.05, 3.63) is 0 Å². The van der Waals surface area contributed by atoms with Gasteiger partial charge < -0.3 is 190 Å². The highest BCUT2D eigenvalue weighted by molar-refractivity contribution is 4.53. The van der Waals surface area contributed by atoms with Gasteiger partial charge in [-0.05, 0) is 128 Å². The molecular formula is C100H202O40. The summed E-state index contributed by atoms with van der Waals surface area (Å²) in [6.45, 7) is 47.1. The van der Waals surface area contributed by atoms with Gasteiger partial charge in [0.25, 0.3) is 0 Å². The summed E-state index contributed by atoms with van der Waals surface area (Å²) in [7, 11) is 1.70. The van der Waals surface area contributed by atoms with E-state index < -0.39 is 6.10 Å². The van der Waals surface area contributed by atoms with Gasteiger partial charge in [-0.3, -0.25) is 0 Å². The molecule has 0 aliphatic heterocycles. The molecule has 0 aliphatic rings. The number of hydrogen-bond acceptors (Lipinski definition) is 40. The Morgan fingerprint density at radius 2 is 0.179 bits per heavy atom. The Hall–Kier alpha value is -1.60. The fraction of sp³-hybridized carbons (Fsp3) is 1.00. The molecule has 0 bridgehead atoms. The number of hydrogen-bond donors (Lipinski definition) is 1. The van der Waals surface area contributed by atoms with Gasteiger partial charge >= 0.3 is 0 Å². The first-order chi connectivity index (χ1) is 69.8. The van der Waals surface area contributed by atoms with Crippen molar-refractivity contribution in [1.29, 1.82) is 0 Å². The lowest BCUT2D eigenvalue weighted by atomic mass is 10.3. The Morgan fingerprint density at radius 3 is 0.264 bits per heavy atom. The van der Waals surface area contributed by atoms with Crippen molar-refractivity contribution >= 4 is 0 Å². The van der Waals surface area contributed by atoms with Gasteiger partial charge in [-0.25, -0.2) is 0 Å². The van der Waals surface area contributed by atoms with E-state index in [1.54, 1.807) is 7.11 Å². The first-order valence-corrected chi connectivity index (χ1v) is 52.9. The molecule has 842 valence electrons. The smallest absolute Gasteiger partial charge is 0.0771 e. The Bertz CT molecular complexity index is 1910. The van der Waals surface area contributed by atoms with Gasteiger partial charge in [-0.1, -0.05) is 6.92 Å². The molecule has 0 saturated carbocycles.